The zero-order valence-electron chi connectivity index (χ0n) is 16.5. The summed E-state index contributed by atoms with van der Waals surface area (Å²) in [5, 5.41) is 5.26. The summed E-state index contributed by atoms with van der Waals surface area (Å²) in [4.78, 5) is 35.9. The highest BCUT2D eigenvalue weighted by Crippen LogP contribution is 2.21. The Bertz CT molecular complexity index is 1110. The molecule has 0 radical (unpaired) electrons. The zero-order chi connectivity index (χ0) is 21.9. The van der Waals surface area contributed by atoms with Gasteiger partial charge in [0.15, 0.2) is 0 Å². The number of aryl methyl sites for hydroxylation is 1. The fourth-order valence-corrected chi connectivity index (χ4v) is 4.41. The molecule has 2 aromatic carbocycles. The van der Waals surface area contributed by atoms with E-state index in [1.54, 1.807) is 19.1 Å². The molecule has 0 saturated carbocycles. The van der Waals surface area contributed by atoms with Crippen molar-refractivity contribution in [3.63, 3.8) is 0 Å². The number of carbonyl (C=O) groups is 3. The summed E-state index contributed by atoms with van der Waals surface area (Å²) in [6.07, 6.45) is 0. The number of sulfonamides is 1. The topological polar surface area (TPSA) is 122 Å². The standard InChI is InChI=1S/C20H21N3O6S/c1-13-6-7-15(20(26)29-2)11-17(13)22-19(25)14-4-3-5-16(10-14)30(27,28)23-9-8-21-18(24)12-23/h3-7,10-11H,8-9,12H2,1-2H3,(H,21,24)(H,22,25). The Balaban J connectivity index is 1.85. The molecule has 0 bridgehead atoms. The number of carbonyl (C=O) groups excluding carboxylic acids is 3. The molecule has 2 aromatic rings. The summed E-state index contributed by atoms with van der Waals surface area (Å²) in [5.41, 5.74) is 1.53. The maximum absolute atomic E-state index is 12.8. The fourth-order valence-electron chi connectivity index (χ4n) is 2.96. The van der Waals surface area contributed by atoms with Crippen molar-refractivity contribution in [3.8, 4) is 0 Å². The molecular weight excluding hydrogens is 410 g/mol. The van der Waals surface area contributed by atoms with E-state index in [2.05, 4.69) is 15.4 Å². The van der Waals surface area contributed by atoms with E-state index in [9.17, 15) is 22.8 Å². The number of piperazine rings is 1. The van der Waals surface area contributed by atoms with E-state index in [-0.39, 0.29) is 41.6 Å². The Kier molecular flexibility index (Phi) is 6.18. The van der Waals surface area contributed by atoms with Gasteiger partial charge in [0.05, 0.1) is 24.1 Å². The number of rotatable bonds is 5. The van der Waals surface area contributed by atoms with Crippen LogP contribution >= 0.6 is 0 Å². The van der Waals surface area contributed by atoms with Crippen LogP contribution < -0.4 is 10.6 Å². The first kappa shape index (κ1) is 21.5. The predicted molar refractivity (Wildman–Crippen MR) is 109 cm³/mol. The van der Waals surface area contributed by atoms with E-state index in [0.29, 0.717) is 5.69 Å². The van der Waals surface area contributed by atoms with Crippen LogP contribution in [0, 0.1) is 6.92 Å². The number of amides is 2. The second-order valence-corrected chi connectivity index (χ2v) is 8.63. The van der Waals surface area contributed by atoms with E-state index in [4.69, 9.17) is 0 Å². The lowest BCUT2D eigenvalue weighted by Gasteiger charge is -2.26. The van der Waals surface area contributed by atoms with Crippen molar-refractivity contribution in [2.75, 3.05) is 32.1 Å². The van der Waals surface area contributed by atoms with Gasteiger partial charge in [0.2, 0.25) is 15.9 Å². The summed E-state index contributed by atoms with van der Waals surface area (Å²) >= 11 is 0. The molecule has 2 N–H and O–H groups in total. The van der Waals surface area contributed by atoms with Crippen LogP contribution in [0.15, 0.2) is 47.4 Å². The summed E-state index contributed by atoms with van der Waals surface area (Å²) in [7, 11) is -2.66. The zero-order valence-corrected chi connectivity index (χ0v) is 17.3. The van der Waals surface area contributed by atoms with Gasteiger partial charge in [0.1, 0.15) is 0 Å². The molecule has 1 aliphatic rings. The molecule has 3 rings (SSSR count). The quantitative estimate of drug-likeness (QED) is 0.685. The highest BCUT2D eigenvalue weighted by Gasteiger charge is 2.29. The number of ether oxygens (including phenoxy) is 1. The highest BCUT2D eigenvalue weighted by molar-refractivity contribution is 7.89. The highest BCUT2D eigenvalue weighted by atomic mass is 32.2. The van der Waals surface area contributed by atoms with Gasteiger partial charge in [-0.3, -0.25) is 9.59 Å². The molecule has 1 fully saturated rings. The first-order valence-corrected chi connectivity index (χ1v) is 10.5. The van der Waals surface area contributed by atoms with Crippen LogP contribution in [0.5, 0.6) is 0 Å². The predicted octanol–water partition coefficient (Wildman–Crippen LogP) is 1.15. The lowest BCUT2D eigenvalue weighted by atomic mass is 10.1. The summed E-state index contributed by atoms with van der Waals surface area (Å²) in [5.74, 6) is -1.45. The molecule has 10 heteroatoms. The maximum atomic E-state index is 12.8. The number of hydrogen-bond acceptors (Lipinski definition) is 6. The third kappa shape index (κ3) is 4.50. The van der Waals surface area contributed by atoms with Crippen LogP contribution in [0.1, 0.15) is 26.3 Å². The molecule has 0 atom stereocenters. The van der Waals surface area contributed by atoms with E-state index in [0.717, 1.165) is 9.87 Å². The van der Waals surface area contributed by atoms with E-state index >= 15 is 0 Å². The van der Waals surface area contributed by atoms with Gasteiger partial charge in [-0.1, -0.05) is 12.1 Å². The first-order chi connectivity index (χ1) is 14.2. The Morgan fingerprint density at radius 1 is 1.13 bits per heavy atom. The Morgan fingerprint density at radius 3 is 2.60 bits per heavy atom. The lowest BCUT2D eigenvalue weighted by Crippen LogP contribution is -2.49. The van der Waals surface area contributed by atoms with Gasteiger partial charge in [-0.25, -0.2) is 13.2 Å². The van der Waals surface area contributed by atoms with Crippen molar-refractivity contribution in [2.45, 2.75) is 11.8 Å². The first-order valence-electron chi connectivity index (χ1n) is 9.09. The molecule has 0 spiro atoms. The number of nitrogens with zero attached hydrogens (tertiary/aromatic N) is 1. The summed E-state index contributed by atoms with van der Waals surface area (Å²) in [6.45, 7) is 1.88. The van der Waals surface area contributed by atoms with Crippen LogP contribution in [0.3, 0.4) is 0 Å². The average molecular weight is 431 g/mol. The van der Waals surface area contributed by atoms with Gasteiger partial charge in [-0.15, -0.1) is 0 Å². The Hall–Kier alpha value is -3.24. The maximum Gasteiger partial charge on any atom is 0.337 e. The SMILES string of the molecule is COC(=O)c1ccc(C)c(NC(=O)c2cccc(S(=O)(=O)N3CCNC(=O)C3)c2)c1. The van der Waals surface area contributed by atoms with Crippen molar-refractivity contribution >= 4 is 33.5 Å². The smallest absolute Gasteiger partial charge is 0.337 e. The van der Waals surface area contributed by atoms with Gasteiger partial charge < -0.3 is 15.4 Å². The van der Waals surface area contributed by atoms with Crippen LogP contribution in [0.25, 0.3) is 0 Å². The van der Waals surface area contributed by atoms with Crippen molar-refractivity contribution in [2.24, 2.45) is 0 Å². The molecule has 1 saturated heterocycles. The number of methoxy groups -OCH3 is 1. The molecule has 0 unspecified atom stereocenters. The molecule has 1 aliphatic heterocycles. The van der Waals surface area contributed by atoms with Gasteiger partial charge in [-0.05, 0) is 42.8 Å². The lowest BCUT2D eigenvalue weighted by molar-refractivity contribution is -0.122. The Morgan fingerprint density at radius 2 is 1.90 bits per heavy atom. The van der Waals surface area contributed by atoms with Crippen molar-refractivity contribution in [3.05, 3.63) is 59.2 Å². The van der Waals surface area contributed by atoms with Gasteiger partial charge >= 0.3 is 5.97 Å². The van der Waals surface area contributed by atoms with E-state index in [1.165, 1.54) is 37.4 Å². The second-order valence-electron chi connectivity index (χ2n) is 6.69. The van der Waals surface area contributed by atoms with Gasteiger partial charge in [-0.2, -0.15) is 4.31 Å². The van der Waals surface area contributed by atoms with Gasteiger partial charge in [0.25, 0.3) is 5.91 Å². The third-order valence-electron chi connectivity index (χ3n) is 4.64. The minimum Gasteiger partial charge on any atom is -0.465 e. The van der Waals surface area contributed by atoms with E-state index < -0.39 is 21.9 Å². The normalized spacial score (nSPS) is 14.7. The number of nitrogens with one attached hydrogen (secondary N) is 2. The monoisotopic (exact) mass is 431 g/mol. The number of hydrogen-bond donors (Lipinski definition) is 2. The average Bonchev–Trinajstić information content (AvgIpc) is 2.74. The minimum atomic E-state index is -3.92. The van der Waals surface area contributed by atoms with Crippen molar-refractivity contribution in [1.29, 1.82) is 0 Å². The summed E-state index contributed by atoms with van der Waals surface area (Å²) in [6, 6.07) is 10.3. The van der Waals surface area contributed by atoms with Crippen LogP contribution in [0.4, 0.5) is 5.69 Å². The van der Waals surface area contributed by atoms with Crippen LogP contribution in [-0.4, -0.2) is 57.3 Å². The van der Waals surface area contributed by atoms with E-state index in [1.807, 2.05) is 0 Å². The summed E-state index contributed by atoms with van der Waals surface area (Å²) < 4.78 is 31.4. The molecule has 30 heavy (non-hydrogen) atoms. The Labute approximate surface area is 174 Å². The fraction of sp³-hybridized carbons (Fsp3) is 0.250. The molecule has 0 aromatic heterocycles. The second kappa shape index (κ2) is 8.64. The van der Waals surface area contributed by atoms with Crippen molar-refractivity contribution < 1.29 is 27.5 Å². The number of benzene rings is 2. The van der Waals surface area contributed by atoms with Crippen LogP contribution in [-0.2, 0) is 19.6 Å². The number of esters is 1. The third-order valence-corrected chi connectivity index (χ3v) is 6.49. The number of anilines is 1. The molecular formula is C20H21N3O6S. The largest absolute Gasteiger partial charge is 0.465 e. The van der Waals surface area contributed by atoms with Crippen LogP contribution in [0.2, 0.25) is 0 Å². The molecule has 9 nitrogen and oxygen atoms in total. The van der Waals surface area contributed by atoms with Gasteiger partial charge in [0, 0.05) is 24.3 Å². The molecule has 0 aliphatic carbocycles. The molecule has 158 valence electrons. The molecule has 2 amide bonds. The van der Waals surface area contributed by atoms with Crippen molar-refractivity contribution in [1.82, 2.24) is 9.62 Å². The minimum absolute atomic E-state index is 0.0788. The molecule has 1 heterocycles.